The molecule has 0 saturated carbocycles. The third kappa shape index (κ3) is 2.17. The van der Waals surface area contributed by atoms with Crippen LogP contribution in [0.5, 0.6) is 0 Å². The van der Waals surface area contributed by atoms with Crippen LogP contribution in [0.15, 0.2) is 0 Å². The van der Waals surface area contributed by atoms with E-state index in [4.69, 9.17) is 0 Å². The highest BCUT2D eigenvalue weighted by molar-refractivity contribution is 4.85. The zero-order valence-corrected chi connectivity index (χ0v) is 7.67. The molecule has 0 aromatic rings. The fraction of sp³-hybridized carbons (Fsp3) is 1.00. The van der Waals surface area contributed by atoms with E-state index in [1.807, 2.05) is 0 Å². The minimum absolute atomic E-state index is 0.167. The van der Waals surface area contributed by atoms with E-state index < -0.39 is 0 Å². The Balaban J connectivity index is 2.36. The Morgan fingerprint density at radius 2 is 2.09 bits per heavy atom. The van der Waals surface area contributed by atoms with E-state index >= 15 is 0 Å². The summed E-state index contributed by atoms with van der Waals surface area (Å²) in [4.78, 5) is 0. The fourth-order valence-electron chi connectivity index (χ4n) is 1.68. The quantitative estimate of drug-likeness (QED) is 0.627. The average molecular weight is 157 g/mol. The van der Waals surface area contributed by atoms with Crippen LogP contribution in [0.25, 0.3) is 0 Å². The van der Waals surface area contributed by atoms with E-state index in [-0.39, 0.29) is 6.10 Å². The van der Waals surface area contributed by atoms with Crippen LogP contribution < -0.4 is 5.32 Å². The predicted molar refractivity (Wildman–Crippen MR) is 46.4 cm³/mol. The molecule has 0 aliphatic carbocycles. The largest absolute Gasteiger partial charge is 0.391 e. The van der Waals surface area contributed by atoms with Crippen LogP contribution in [-0.4, -0.2) is 23.8 Å². The highest BCUT2D eigenvalue weighted by atomic mass is 16.3. The van der Waals surface area contributed by atoms with E-state index in [2.05, 4.69) is 26.1 Å². The molecule has 1 saturated heterocycles. The van der Waals surface area contributed by atoms with E-state index in [9.17, 15) is 5.11 Å². The van der Waals surface area contributed by atoms with Gasteiger partial charge >= 0.3 is 0 Å². The molecule has 2 N–H and O–H groups in total. The molecule has 1 aliphatic heterocycles. The maximum atomic E-state index is 9.68. The second kappa shape index (κ2) is 3.55. The van der Waals surface area contributed by atoms with Crippen LogP contribution in [0.1, 0.15) is 27.2 Å². The second-order valence-corrected chi connectivity index (χ2v) is 4.09. The van der Waals surface area contributed by atoms with Crippen molar-refractivity contribution in [1.82, 2.24) is 5.32 Å². The van der Waals surface area contributed by atoms with Gasteiger partial charge in [-0.25, -0.2) is 0 Å². The molecule has 0 radical (unpaired) electrons. The molecule has 1 aliphatic rings. The van der Waals surface area contributed by atoms with E-state index in [0.717, 1.165) is 18.9 Å². The van der Waals surface area contributed by atoms with Gasteiger partial charge in [0, 0.05) is 6.04 Å². The normalized spacial score (nSPS) is 34.6. The number of nitrogens with one attached hydrogen (secondary N) is 1. The maximum Gasteiger partial charge on any atom is 0.0716 e. The minimum atomic E-state index is -0.167. The lowest BCUT2D eigenvalue weighted by Gasteiger charge is -2.21. The van der Waals surface area contributed by atoms with Gasteiger partial charge in [-0.05, 0) is 24.8 Å². The van der Waals surface area contributed by atoms with Gasteiger partial charge in [0.1, 0.15) is 0 Å². The third-order valence-corrected chi connectivity index (χ3v) is 2.48. The van der Waals surface area contributed by atoms with Crippen molar-refractivity contribution < 1.29 is 5.11 Å². The Morgan fingerprint density at radius 1 is 1.45 bits per heavy atom. The second-order valence-electron chi connectivity index (χ2n) is 4.09. The topological polar surface area (TPSA) is 32.3 Å². The van der Waals surface area contributed by atoms with Crippen LogP contribution in [0.3, 0.4) is 0 Å². The lowest BCUT2D eigenvalue weighted by atomic mass is 9.96. The van der Waals surface area contributed by atoms with Crippen molar-refractivity contribution in [3.63, 3.8) is 0 Å². The van der Waals surface area contributed by atoms with Gasteiger partial charge in [0.2, 0.25) is 0 Å². The fourth-order valence-corrected chi connectivity index (χ4v) is 1.68. The standard InChI is InChI=1S/C9H19NO/c1-6(2)9(11)8-4-7(3)5-10-8/h6-11H,4-5H2,1-3H3/t7-,8+,9-/m0/s1. The molecule has 2 nitrogen and oxygen atoms in total. The predicted octanol–water partition coefficient (Wildman–Crippen LogP) is 1.00. The molecule has 0 amide bonds. The summed E-state index contributed by atoms with van der Waals surface area (Å²) >= 11 is 0. The van der Waals surface area contributed by atoms with Crippen LogP contribution in [0.4, 0.5) is 0 Å². The molecule has 0 spiro atoms. The van der Waals surface area contributed by atoms with Crippen molar-refractivity contribution in [3.05, 3.63) is 0 Å². The van der Waals surface area contributed by atoms with Gasteiger partial charge in [-0.1, -0.05) is 20.8 Å². The van der Waals surface area contributed by atoms with Crippen molar-refractivity contribution in [3.8, 4) is 0 Å². The van der Waals surface area contributed by atoms with Crippen molar-refractivity contribution in [2.75, 3.05) is 6.54 Å². The summed E-state index contributed by atoms with van der Waals surface area (Å²) in [5, 5.41) is 13.0. The van der Waals surface area contributed by atoms with Crippen molar-refractivity contribution in [1.29, 1.82) is 0 Å². The number of hydrogen-bond acceptors (Lipinski definition) is 2. The Kier molecular flexibility index (Phi) is 2.90. The summed E-state index contributed by atoms with van der Waals surface area (Å²) in [6, 6.07) is 0.338. The van der Waals surface area contributed by atoms with Crippen LogP contribution in [0.2, 0.25) is 0 Å². The molecule has 11 heavy (non-hydrogen) atoms. The molecule has 0 aromatic heterocycles. The minimum Gasteiger partial charge on any atom is -0.391 e. The molecule has 66 valence electrons. The van der Waals surface area contributed by atoms with Gasteiger partial charge < -0.3 is 10.4 Å². The molecular formula is C9H19NO. The summed E-state index contributed by atoms with van der Waals surface area (Å²) in [6.45, 7) is 7.42. The average Bonchev–Trinajstić information content (AvgIpc) is 2.34. The van der Waals surface area contributed by atoms with E-state index in [1.54, 1.807) is 0 Å². The zero-order valence-electron chi connectivity index (χ0n) is 7.67. The summed E-state index contributed by atoms with van der Waals surface area (Å²) in [5.74, 6) is 1.10. The summed E-state index contributed by atoms with van der Waals surface area (Å²) in [5.41, 5.74) is 0. The maximum absolute atomic E-state index is 9.68. The van der Waals surface area contributed by atoms with Crippen LogP contribution in [0, 0.1) is 11.8 Å². The van der Waals surface area contributed by atoms with Gasteiger partial charge in [0.05, 0.1) is 6.10 Å². The van der Waals surface area contributed by atoms with Gasteiger partial charge in [-0.15, -0.1) is 0 Å². The third-order valence-electron chi connectivity index (χ3n) is 2.48. The molecule has 0 unspecified atom stereocenters. The summed E-state index contributed by atoms with van der Waals surface area (Å²) in [7, 11) is 0. The summed E-state index contributed by atoms with van der Waals surface area (Å²) < 4.78 is 0. The van der Waals surface area contributed by atoms with Crippen LogP contribution >= 0.6 is 0 Å². The zero-order chi connectivity index (χ0) is 8.43. The monoisotopic (exact) mass is 157 g/mol. The highest BCUT2D eigenvalue weighted by Crippen LogP contribution is 2.19. The lowest BCUT2D eigenvalue weighted by molar-refractivity contribution is 0.0895. The molecule has 0 bridgehead atoms. The molecular weight excluding hydrogens is 138 g/mol. The molecule has 3 atom stereocenters. The molecule has 1 heterocycles. The Hall–Kier alpha value is -0.0800. The van der Waals surface area contributed by atoms with E-state index in [1.165, 1.54) is 0 Å². The van der Waals surface area contributed by atoms with Crippen molar-refractivity contribution in [2.24, 2.45) is 11.8 Å². The van der Waals surface area contributed by atoms with Gasteiger partial charge in [-0.2, -0.15) is 0 Å². The molecule has 2 heteroatoms. The Labute approximate surface area is 69.0 Å². The Morgan fingerprint density at radius 3 is 2.45 bits per heavy atom. The van der Waals surface area contributed by atoms with Gasteiger partial charge in [-0.3, -0.25) is 0 Å². The highest BCUT2D eigenvalue weighted by Gasteiger charge is 2.28. The smallest absolute Gasteiger partial charge is 0.0716 e. The number of hydrogen-bond donors (Lipinski definition) is 2. The Bertz CT molecular complexity index is 125. The van der Waals surface area contributed by atoms with E-state index in [0.29, 0.717) is 12.0 Å². The van der Waals surface area contributed by atoms with Crippen molar-refractivity contribution in [2.45, 2.75) is 39.3 Å². The lowest BCUT2D eigenvalue weighted by Crippen LogP contribution is -2.37. The number of aliphatic hydroxyl groups is 1. The molecule has 1 rings (SSSR count). The first-order valence-electron chi connectivity index (χ1n) is 4.52. The number of aliphatic hydroxyl groups excluding tert-OH is 1. The van der Waals surface area contributed by atoms with Gasteiger partial charge in [0.15, 0.2) is 0 Å². The molecule has 1 fully saturated rings. The first kappa shape index (κ1) is 9.01. The van der Waals surface area contributed by atoms with Crippen LogP contribution in [-0.2, 0) is 0 Å². The molecule has 0 aromatic carbocycles. The summed E-state index contributed by atoms with van der Waals surface area (Å²) in [6.07, 6.45) is 0.958. The number of rotatable bonds is 2. The van der Waals surface area contributed by atoms with Crippen molar-refractivity contribution >= 4 is 0 Å². The van der Waals surface area contributed by atoms with Gasteiger partial charge in [0.25, 0.3) is 0 Å². The SMILES string of the molecule is CC(C)[C@H](O)[C@H]1C[C@H](C)CN1. The first-order valence-corrected chi connectivity index (χ1v) is 4.52. The first-order chi connectivity index (χ1) is 5.11.